The topological polar surface area (TPSA) is 134 Å². The largest absolute Gasteiger partial charge is 0.462 e. The van der Waals surface area contributed by atoms with E-state index >= 15 is 0 Å². The van der Waals surface area contributed by atoms with E-state index in [1.807, 2.05) is 13.8 Å². The summed E-state index contributed by atoms with van der Waals surface area (Å²) in [5, 5.41) is 8.57. The fraction of sp³-hybridized carbons (Fsp3) is 0.333. The second-order valence-corrected chi connectivity index (χ2v) is 10.1. The molecule has 2 N–H and O–H groups in total. The molecule has 0 radical (unpaired) electrons. The molecule has 198 valence electrons. The van der Waals surface area contributed by atoms with E-state index in [0.717, 1.165) is 16.9 Å². The average Bonchev–Trinajstić information content (AvgIpc) is 3.52. The van der Waals surface area contributed by atoms with Crippen LogP contribution in [0.15, 0.2) is 34.9 Å². The smallest absolute Gasteiger partial charge is 0.349 e. The number of halogens is 1. The zero-order chi connectivity index (χ0) is 27.4. The molecule has 11 heteroatoms. The summed E-state index contributed by atoms with van der Waals surface area (Å²) in [7, 11) is 0. The van der Waals surface area contributed by atoms with Crippen molar-refractivity contribution in [1.29, 1.82) is 0 Å². The first-order chi connectivity index (χ1) is 18.2. The minimum absolute atomic E-state index is 0.158. The van der Waals surface area contributed by atoms with E-state index in [-0.39, 0.29) is 34.7 Å². The van der Waals surface area contributed by atoms with E-state index in [1.54, 1.807) is 26.0 Å². The average molecular weight is 538 g/mol. The van der Waals surface area contributed by atoms with Crippen LogP contribution in [0.5, 0.6) is 0 Å². The number of benzene rings is 1. The number of thiazole rings is 1. The third-order valence-electron chi connectivity index (χ3n) is 5.69. The van der Waals surface area contributed by atoms with Crippen LogP contribution in [-0.4, -0.2) is 38.6 Å². The summed E-state index contributed by atoms with van der Waals surface area (Å²) >= 11 is 1.08. The van der Waals surface area contributed by atoms with E-state index in [4.69, 9.17) is 19.9 Å². The SMILES string of the molecule is CCOC(=O)c1cnc(-c2c(C(N)=O)c(CC(C)C)nc(CCc3ccc(F)cc3)c2-c2nnc(C)o2)s1. The van der Waals surface area contributed by atoms with Crippen LogP contribution in [0.2, 0.25) is 0 Å². The van der Waals surface area contributed by atoms with Gasteiger partial charge in [0.05, 0.1) is 35.3 Å². The number of hydrogen-bond acceptors (Lipinski definition) is 9. The molecule has 4 rings (SSSR count). The van der Waals surface area contributed by atoms with Crippen LogP contribution >= 0.6 is 11.3 Å². The summed E-state index contributed by atoms with van der Waals surface area (Å²) in [5.41, 5.74) is 8.97. The van der Waals surface area contributed by atoms with Crippen molar-refractivity contribution >= 4 is 23.2 Å². The van der Waals surface area contributed by atoms with Crippen LogP contribution in [0.25, 0.3) is 22.0 Å². The molecule has 3 aromatic heterocycles. The maximum absolute atomic E-state index is 13.5. The third kappa shape index (κ3) is 5.94. The van der Waals surface area contributed by atoms with Crippen molar-refractivity contribution in [1.82, 2.24) is 20.2 Å². The lowest BCUT2D eigenvalue weighted by atomic mass is 9.92. The normalized spacial score (nSPS) is 11.2. The number of pyridine rings is 1. The highest BCUT2D eigenvalue weighted by Crippen LogP contribution is 2.40. The number of aryl methyl sites for hydroxylation is 3. The maximum atomic E-state index is 13.5. The van der Waals surface area contributed by atoms with Gasteiger partial charge in [0, 0.05) is 12.5 Å². The van der Waals surface area contributed by atoms with Gasteiger partial charge in [0.1, 0.15) is 15.7 Å². The lowest BCUT2D eigenvalue weighted by molar-refractivity contribution is 0.0531. The quantitative estimate of drug-likeness (QED) is 0.281. The molecule has 9 nitrogen and oxygen atoms in total. The van der Waals surface area contributed by atoms with Crippen LogP contribution < -0.4 is 5.73 Å². The second-order valence-electron chi connectivity index (χ2n) is 9.10. The minimum Gasteiger partial charge on any atom is -0.462 e. The zero-order valence-corrected chi connectivity index (χ0v) is 22.4. The van der Waals surface area contributed by atoms with Gasteiger partial charge in [0.15, 0.2) is 0 Å². The molecule has 0 spiro atoms. The number of hydrogen-bond donors (Lipinski definition) is 1. The monoisotopic (exact) mass is 537 g/mol. The van der Waals surface area contributed by atoms with Crippen LogP contribution in [0.1, 0.15) is 63.6 Å². The lowest BCUT2D eigenvalue weighted by Gasteiger charge is -2.18. The Kier molecular flexibility index (Phi) is 8.26. The first-order valence-electron chi connectivity index (χ1n) is 12.2. The summed E-state index contributed by atoms with van der Waals surface area (Å²) in [6, 6.07) is 6.24. The summed E-state index contributed by atoms with van der Waals surface area (Å²) in [4.78, 5) is 35.0. The molecule has 1 aromatic carbocycles. The molecule has 0 atom stereocenters. The van der Waals surface area contributed by atoms with Crippen molar-refractivity contribution in [2.24, 2.45) is 11.7 Å². The Labute approximate surface area is 223 Å². The molecular weight excluding hydrogens is 509 g/mol. The summed E-state index contributed by atoms with van der Waals surface area (Å²) < 4.78 is 24.4. The van der Waals surface area contributed by atoms with Gasteiger partial charge in [-0.15, -0.1) is 21.5 Å². The second kappa shape index (κ2) is 11.6. The molecule has 0 aliphatic rings. The van der Waals surface area contributed by atoms with Gasteiger partial charge in [-0.05, 0) is 49.8 Å². The van der Waals surface area contributed by atoms with Gasteiger partial charge in [-0.2, -0.15) is 0 Å². The van der Waals surface area contributed by atoms with E-state index < -0.39 is 11.9 Å². The highest BCUT2D eigenvalue weighted by Gasteiger charge is 2.30. The van der Waals surface area contributed by atoms with Crippen LogP contribution in [0.4, 0.5) is 4.39 Å². The summed E-state index contributed by atoms with van der Waals surface area (Å²) in [6.45, 7) is 7.62. The van der Waals surface area contributed by atoms with Gasteiger partial charge < -0.3 is 14.9 Å². The van der Waals surface area contributed by atoms with Gasteiger partial charge >= 0.3 is 5.97 Å². The van der Waals surface area contributed by atoms with E-state index in [9.17, 15) is 14.0 Å². The number of ether oxygens (including phenoxy) is 1. The van der Waals surface area contributed by atoms with Gasteiger partial charge in [0.25, 0.3) is 5.91 Å². The lowest BCUT2D eigenvalue weighted by Crippen LogP contribution is -2.20. The number of amides is 1. The van der Waals surface area contributed by atoms with E-state index in [0.29, 0.717) is 52.7 Å². The maximum Gasteiger partial charge on any atom is 0.349 e. The number of esters is 1. The van der Waals surface area contributed by atoms with Crippen LogP contribution in [-0.2, 0) is 24.0 Å². The number of nitrogens with zero attached hydrogens (tertiary/aromatic N) is 4. The van der Waals surface area contributed by atoms with Crippen molar-refractivity contribution in [3.63, 3.8) is 0 Å². The summed E-state index contributed by atoms with van der Waals surface area (Å²) in [6.07, 6.45) is 2.85. The predicted molar refractivity (Wildman–Crippen MR) is 140 cm³/mol. The number of primary amides is 1. The molecule has 0 unspecified atom stereocenters. The van der Waals surface area contributed by atoms with Gasteiger partial charge in [-0.25, -0.2) is 14.2 Å². The van der Waals surface area contributed by atoms with Crippen molar-refractivity contribution in [2.75, 3.05) is 6.61 Å². The Morgan fingerprint density at radius 1 is 1.11 bits per heavy atom. The molecule has 0 saturated carbocycles. The Morgan fingerprint density at radius 3 is 2.45 bits per heavy atom. The van der Waals surface area contributed by atoms with Gasteiger partial charge in [-0.3, -0.25) is 9.78 Å². The molecule has 4 aromatic rings. The molecule has 0 bridgehead atoms. The fourth-order valence-corrected chi connectivity index (χ4v) is 4.98. The third-order valence-corrected chi connectivity index (χ3v) is 6.69. The number of carbonyl (C=O) groups excluding carboxylic acids is 2. The Bertz CT molecular complexity index is 1460. The van der Waals surface area contributed by atoms with Crippen molar-refractivity contribution < 1.29 is 23.1 Å². The first kappa shape index (κ1) is 27.1. The molecule has 0 fully saturated rings. The van der Waals surface area contributed by atoms with E-state index in [2.05, 4.69) is 15.2 Å². The first-order valence-corrected chi connectivity index (χ1v) is 13.0. The Balaban J connectivity index is 1.97. The number of nitrogens with two attached hydrogens (primary N) is 1. The fourth-order valence-electron chi connectivity index (χ4n) is 4.11. The van der Waals surface area contributed by atoms with Gasteiger partial charge in [-0.1, -0.05) is 26.0 Å². The Morgan fingerprint density at radius 2 is 1.84 bits per heavy atom. The molecule has 3 heterocycles. The number of carbonyl (C=O) groups is 2. The van der Waals surface area contributed by atoms with E-state index in [1.165, 1.54) is 18.3 Å². The highest BCUT2D eigenvalue weighted by molar-refractivity contribution is 7.16. The molecule has 1 amide bonds. The molecule has 0 aliphatic carbocycles. The highest BCUT2D eigenvalue weighted by atomic mass is 32.1. The standard InChI is InChI=1S/C27H28FN5O4S/c1-5-36-27(35)20-13-30-26(38-20)23-21(24(29)34)19(12-14(2)3)31-18(22(23)25-33-32-15(4)37-25)11-8-16-6-9-17(28)10-7-16/h6-7,9-10,13-14H,5,8,11-12H2,1-4H3,(H2,29,34). The molecule has 0 saturated heterocycles. The predicted octanol–water partition coefficient (Wildman–Crippen LogP) is 4.96. The van der Waals surface area contributed by atoms with Crippen molar-refractivity contribution in [2.45, 2.75) is 47.0 Å². The van der Waals surface area contributed by atoms with Crippen LogP contribution in [0, 0.1) is 18.7 Å². The Hall–Kier alpha value is -3.99. The minimum atomic E-state index is -0.682. The summed E-state index contributed by atoms with van der Waals surface area (Å²) in [5.74, 6) is -0.860. The molecule has 0 aliphatic heterocycles. The number of aromatic nitrogens is 4. The molecule has 38 heavy (non-hydrogen) atoms. The molecular formula is C27H28FN5O4S. The van der Waals surface area contributed by atoms with Crippen molar-refractivity contribution in [3.05, 3.63) is 69.6 Å². The number of rotatable bonds is 10. The zero-order valence-electron chi connectivity index (χ0n) is 21.6. The van der Waals surface area contributed by atoms with Gasteiger partial charge in [0.2, 0.25) is 11.8 Å². The van der Waals surface area contributed by atoms with Crippen molar-refractivity contribution in [3.8, 4) is 22.0 Å². The van der Waals surface area contributed by atoms with Crippen LogP contribution in [0.3, 0.4) is 0 Å².